The molecule has 3 N–H and O–H groups in total. The van der Waals surface area contributed by atoms with Crippen LogP contribution in [0.25, 0.3) is 0 Å². The van der Waals surface area contributed by atoms with Crippen LogP contribution in [-0.2, 0) is 4.79 Å². The molecule has 0 saturated carbocycles. The second-order valence-corrected chi connectivity index (χ2v) is 2.15. The summed E-state index contributed by atoms with van der Waals surface area (Å²) in [7, 11) is 1.49. The zero-order chi connectivity index (χ0) is 8.15. The van der Waals surface area contributed by atoms with Gasteiger partial charge in [-0.25, -0.2) is 0 Å². The van der Waals surface area contributed by atoms with Gasteiger partial charge in [0.2, 0.25) is 5.91 Å². The first-order chi connectivity index (χ1) is 4.63. The molecule has 0 spiro atoms. The fourth-order valence-corrected chi connectivity index (χ4v) is 0.561. The van der Waals surface area contributed by atoms with Gasteiger partial charge in [-0.15, -0.1) is 0 Å². The third-order valence-electron chi connectivity index (χ3n) is 1.42. The zero-order valence-corrected chi connectivity index (χ0v) is 6.16. The van der Waals surface area contributed by atoms with Crippen LogP contribution in [0.1, 0.15) is 6.92 Å². The van der Waals surface area contributed by atoms with Crippen LogP contribution in [0.5, 0.6) is 0 Å². The Morgan fingerprint density at radius 1 is 1.70 bits per heavy atom. The van der Waals surface area contributed by atoms with E-state index in [4.69, 9.17) is 10.2 Å². The van der Waals surface area contributed by atoms with E-state index in [0.717, 1.165) is 0 Å². The number of nitrogens with one attached hydrogen (secondary N) is 1. The van der Waals surface area contributed by atoms with E-state index in [1.54, 1.807) is 6.92 Å². The molecule has 1 amide bonds. The zero-order valence-electron chi connectivity index (χ0n) is 6.16. The maximum atomic E-state index is 10.7. The molecule has 2 atom stereocenters. The van der Waals surface area contributed by atoms with Crippen molar-refractivity contribution in [3.63, 3.8) is 0 Å². The van der Waals surface area contributed by atoms with Crippen molar-refractivity contribution in [1.82, 2.24) is 5.32 Å². The van der Waals surface area contributed by atoms with Crippen LogP contribution in [0.2, 0.25) is 0 Å². The highest BCUT2D eigenvalue weighted by atomic mass is 16.3. The molecule has 0 heterocycles. The Labute approximate surface area is 59.9 Å². The van der Waals surface area contributed by atoms with E-state index >= 15 is 0 Å². The molecule has 2 unspecified atom stereocenters. The summed E-state index contributed by atoms with van der Waals surface area (Å²) in [6.45, 7) is 1.17. The number of rotatable bonds is 3. The summed E-state index contributed by atoms with van der Waals surface area (Å²) >= 11 is 0. The third kappa shape index (κ3) is 2.33. The highest BCUT2D eigenvalue weighted by molar-refractivity contribution is 5.78. The van der Waals surface area contributed by atoms with Crippen molar-refractivity contribution in [3.05, 3.63) is 0 Å². The Bertz CT molecular complexity index is 116. The van der Waals surface area contributed by atoms with E-state index in [0.29, 0.717) is 0 Å². The summed E-state index contributed by atoms with van der Waals surface area (Å²) in [5.74, 6) is -0.809. The largest absolute Gasteiger partial charge is 0.394 e. The normalized spacial score (nSPS) is 16.0. The lowest BCUT2D eigenvalue weighted by molar-refractivity contribution is -0.128. The smallest absolute Gasteiger partial charge is 0.225 e. The lowest BCUT2D eigenvalue weighted by Gasteiger charge is -2.13. The molecule has 0 aliphatic carbocycles. The van der Waals surface area contributed by atoms with Gasteiger partial charge in [0.05, 0.1) is 18.6 Å². The standard InChI is InChI=1S/C6H13NO3/c1-4(5(9)3-8)6(10)7-2/h4-5,8-9H,3H2,1-2H3,(H,7,10). The predicted octanol–water partition coefficient (Wildman–Crippen LogP) is -1.28. The number of amides is 1. The van der Waals surface area contributed by atoms with Crippen LogP contribution in [-0.4, -0.2) is 35.9 Å². The molecule has 0 aromatic carbocycles. The molecule has 0 radical (unpaired) electrons. The maximum Gasteiger partial charge on any atom is 0.225 e. The molecule has 10 heavy (non-hydrogen) atoms. The Kier molecular flexibility index (Phi) is 3.99. The van der Waals surface area contributed by atoms with Crippen molar-refractivity contribution < 1.29 is 15.0 Å². The Hall–Kier alpha value is -0.610. The molecule has 60 valence electrons. The Balaban J connectivity index is 3.81. The van der Waals surface area contributed by atoms with Crippen LogP contribution in [0, 0.1) is 5.92 Å². The minimum Gasteiger partial charge on any atom is -0.394 e. The van der Waals surface area contributed by atoms with Crippen molar-refractivity contribution in [2.75, 3.05) is 13.7 Å². The molecule has 0 rings (SSSR count). The second-order valence-electron chi connectivity index (χ2n) is 2.15. The van der Waals surface area contributed by atoms with E-state index in [1.165, 1.54) is 7.05 Å². The monoisotopic (exact) mass is 147 g/mol. The molecule has 0 aromatic rings. The summed E-state index contributed by atoms with van der Waals surface area (Å²) < 4.78 is 0. The van der Waals surface area contributed by atoms with E-state index in [9.17, 15) is 4.79 Å². The van der Waals surface area contributed by atoms with E-state index in [2.05, 4.69) is 5.32 Å². The first kappa shape index (κ1) is 9.39. The van der Waals surface area contributed by atoms with Crippen LogP contribution in [0.15, 0.2) is 0 Å². The van der Waals surface area contributed by atoms with Gasteiger partial charge in [0.15, 0.2) is 0 Å². The van der Waals surface area contributed by atoms with Gasteiger partial charge in [0, 0.05) is 7.05 Å². The van der Waals surface area contributed by atoms with Gasteiger partial charge >= 0.3 is 0 Å². The van der Waals surface area contributed by atoms with Gasteiger partial charge in [-0.2, -0.15) is 0 Å². The molecule has 4 heteroatoms. The molecule has 0 fully saturated rings. The van der Waals surface area contributed by atoms with Gasteiger partial charge in [0.25, 0.3) is 0 Å². The summed E-state index contributed by atoms with van der Waals surface area (Å²) in [5, 5.41) is 19.7. The van der Waals surface area contributed by atoms with E-state index < -0.39 is 12.0 Å². The van der Waals surface area contributed by atoms with Crippen LogP contribution >= 0.6 is 0 Å². The van der Waals surface area contributed by atoms with Crippen molar-refractivity contribution in [2.45, 2.75) is 13.0 Å². The molecular formula is C6H13NO3. The first-order valence-corrected chi connectivity index (χ1v) is 3.14. The Morgan fingerprint density at radius 2 is 2.20 bits per heavy atom. The minimum atomic E-state index is -0.958. The van der Waals surface area contributed by atoms with Crippen LogP contribution < -0.4 is 5.32 Å². The fraction of sp³-hybridized carbons (Fsp3) is 0.833. The van der Waals surface area contributed by atoms with E-state index in [-0.39, 0.29) is 12.5 Å². The van der Waals surface area contributed by atoms with Crippen molar-refractivity contribution in [3.8, 4) is 0 Å². The lowest BCUT2D eigenvalue weighted by Crippen LogP contribution is -2.35. The SMILES string of the molecule is CNC(=O)C(C)C(O)CO. The summed E-state index contributed by atoms with van der Waals surface area (Å²) in [6.07, 6.45) is -0.958. The van der Waals surface area contributed by atoms with Gasteiger partial charge in [-0.05, 0) is 0 Å². The Morgan fingerprint density at radius 3 is 2.50 bits per heavy atom. The number of aliphatic hydroxyl groups excluding tert-OH is 2. The molecule has 0 bridgehead atoms. The highest BCUT2D eigenvalue weighted by Crippen LogP contribution is 2.00. The molecule has 0 saturated heterocycles. The lowest BCUT2D eigenvalue weighted by atomic mass is 10.1. The van der Waals surface area contributed by atoms with Gasteiger partial charge in [0.1, 0.15) is 0 Å². The van der Waals surface area contributed by atoms with Crippen LogP contribution in [0.4, 0.5) is 0 Å². The third-order valence-corrected chi connectivity index (χ3v) is 1.42. The average molecular weight is 147 g/mol. The number of carbonyl (C=O) groups excluding carboxylic acids is 1. The fourth-order valence-electron chi connectivity index (χ4n) is 0.561. The highest BCUT2D eigenvalue weighted by Gasteiger charge is 2.19. The van der Waals surface area contributed by atoms with Crippen LogP contribution in [0.3, 0.4) is 0 Å². The topological polar surface area (TPSA) is 69.6 Å². The number of hydrogen-bond acceptors (Lipinski definition) is 3. The molecular weight excluding hydrogens is 134 g/mol. The first-order valence-electron chi connectivity index (χ1n) is 3.14. The van der Waals surface area contributed by atoms with Crippen molar-refractivity contribution >= 4 is 5.91 Å². The molecule has 0 aliphatic rings. The summed E-state index contributed by atoms with van der Waals surface area (Å²) in [4.78, 5) is 10.7. The van der Waals surface area contributed by atoms with E-state index in [1.807, 2.05) is 0 Å². The van der Waals surface area contributed by atoms with Crippen molar-refractivity contribution in [2.24, 2.45) is 5.92 Å². The number of carbonyl (C=O) groups is 1. The molecule has 0 aromatic heterocycles. The molecule has 0 aliphatic heterocycles. The number of hydrogen-bond donors (Lipinski definition) is 3. The van der Waals surface area contributed by atoms with Gasteiger partial charge in [-0.3, -0.25) is 4.79 Å². The van der Waals surface area contributed by atoms with Gasteiger partial charge < -0.3 is 15.5 Å². The minimum absolute atomic E-state index is 0.262. The predicted molar refractivity (Wildman–Crippen MR) is 36.3 cm³/mol. The van der Waals surface area contributed by atoms with Gasteiger partial charge in [-0.1, -0.05) is 6.92 Å². The maximum absolute atomic E-state index is 10.7. The average Bonchev–Trinajstić information content (AvgIpc) is 2.00. The summed E-state index contributed by atoms with van der Waals surface area (Å²) in [6, 6.07) is 0. The summed E-state index contributed by atoms with van der Waals surface area (Å²) in [5.41, 5.74) is 0. The quantitative estimate of drug-likeness (QED) is 0.466. The number of aliphatic hydroxyl groups is 2. The second kappa shape index (κ2) is 4.24. The molecule has 4 nitrogen and oxygen atoms in total. The van der Waals surface area contributed by atoms with Crippen molar-refractivity contribution in [1.29, 1.82) is 0 Å².